The van der Waals surface area contributed by atoms with E-state index in [2.05, 4.69) is 9.97 Å². The Morgan fingerprint density at radius 1 is 0.951 bits per heavy atom. The molecular formula is C32H29N5O4. The van der Waals surface area contributed by atoms with Crippen LogP contribution in [-0.4, -0.2) is 47.2 Å². The monoisotopic (exact) mass is 547 g/mol. The summed E-state index contributed by atoms with van der Waals surface area (Å²) in [7, 11) is 0. The summed E-state index contributed by atoms with van der Waals surface area (Å²) < 4.78 is 9.61. The number of carbonyl (C=O) groups is 2. The molecule has 2 aromatic carbocycles. The molecule has 0 saturated carbocycles. The number of ketones is 1. The van der Waals surface area contributed by atoms with E-state index in [1.807, 2.05) is 83.6 Å². The summed E-state index contributed by atoms with van der Waals surface area (Å²) in [6.45, 7) is 3.15. The van der Waals surface area contributed by atoms with Crippen LogP contribution in [0.25, 0.3) is 11.4 Å². The van der Waals surface area contributed by atoms with Gasteiger partial charge in [-0.3, -0.25) is 14.0 Å². The van der Waals surface area contributed by atoms with E-state index in [-0.39, 0.29) is 11.3 Å². The maximum absolute atomic E-state index is 13.5. The van der Waals surface area contributed by atoms with Gasteiger partial charge < -0.3 is 19.3 Å². The van der Waals surface area contributed by atoms with Crippen molar-refractivity contribution < 1.29 is 19.4 Å². The minimum Gasteiger partial charge on any atom is -0.505 e. The van der Waals surface area contributed by atoms with Gasteiger partial charge in [0.15, 0.2) is 5.76 Å². The molecule has 4 heterocycles. The lowest BCUT2D eigenvalue weighted by Crippen LogP contribution is -2.31. The highest BCUT2D eigenvalue weighted by Crippen LogP contribution is 2.40. The topological polar surface area (TPSA) is 102 Å². The Morgan fingerprint density at radius 3 is 2.49 bits per heavy atom. The second-order valence-corrected chi connectivity index (χ2v) is 9.96. The third-order valence-electron chi connectivity index (χ3n) is 7.29. The molecule has 41 heavy (non-hydrogen) atoms. The smallest absolute Gasteiger partial charge is 0.295 e. The largest absolute Gasteiger partial charge is 0.505 e. The third kappa shape index (κ3) is 5.09. The summed E-state index contributed by atoms with van der Waals surface area (Å²) in [4.78, 5) is 37.1. The molecule has 0 spiro atoms. The number of pyridine rings is 1. The maximum atomic E-state index is 13.5. The fourth-order valence-electron chi connectivity index (χ4n) is 5.31. The van der Waals surface area contributed by atoms with Crippen molar-refractivity contribution in [1.29, 1.82) is 0 Å². The molecule has 6 rings (SSSR count). The number of aliphatic hydroxyl groups is 1. The predicted octanol–water partition coefficient (Wildman–Crippen LogP) is 4.93. The molecule has 1 fully saturated rings. The molecule has 1 atom stereocenters. The molecule has 1 amide bonds. The molecule has 1 aliphatic heterocycles. The molecule has 3 aromatic heterocycles. The lowest BCUT2D eigenvalue weighted by Gasteiger charge is -2.25. The molecule has 1 aliphatic rings. The number of aryl methyl sites for hydroxylation is 2. The van der Waals surface area contributed by atoms with Gasteiger partial charge in [0, 0.05) is 31.7 Å². The van der Waals surface area contributed by atoms with Crippen molar-refractivity contribution in [3.05, 3.63) is 126 Å². The number of nitrogens with zero attached hydrogens (tertiary/aromatic N) is 5. The Balaban J connectivity index is 1.36. The Hall–Kier alpha value is -5.18. The molecule has 0 bridgehead atoms. The summed E-state index contributed by atoms with van der Waals surface area (Å²) in [6, 6.07) is 21.9. The summed E-state index contributed by atoms with van der Waals surface area (Å²) >= 11 is 0. The van der Waals surface area contributed by atoms with Gasteiger partial charge in [-0.2, -0.15) is 0 Å². The number of ether oxygens (including phenoxy) is 1. The lowest BCUT2D eigenvalue weighted by molar-refractivity contribution is -0.139. The zero-order valence-electron chi connectivity index (χ0n) is 22.6. The Bertz CT molecular complexity index is 1720. The number of rotatable bonds is 9. The van der Waals surface area contributed by atoms with Crippen molar-refractivity contribution in [2.75, 3.05) is 6.54 Å². The van der Waals surface area contributed by atoms with Crippen LogP contribution in [0, 0.1) is 6.92 Å². The molecule has 1 N–H and O–H groups in total. The van der Waals surface area contributed by atoms with Crippen LogP contribution in [0.4, 0.5) is 0 Å². The number of Topliss-reactive ketones (excluding diaryl/α,β-unsaturated/α-hetero) is 1. The number of hydrogen-bond donors (Lipinski definition) is 1. The number of benzene rings is 2. The van der Waals surface area contributed by atoms with Gasteiger partial charge in [-0.05, 0) is 48.7 Å². The van der Waals surface area contributed by atoms with Gasteiger partial charge in [-0.1, -0.05) is 48.5 Å². The average molecular weight is 548 g/mol. The first kappa shape index (κ1) is 26.1. The quantitative estimate of drug-likeness (QED) is 0.160. The van der Waals surface area contributed by atoms with Gasteiger partial charge in [0.1, 0.15) is 23.7 Å². The van der Waals surface area contributed by atoms with E-state index in [9.17, 15) is 14.7 Å². The number of likely N-dealkylation sites (tertiary alicyclic amines) is 1. The first-order valence-electron chi connectivity index (χ1n) is 13.5. The number of aromatic nitrogens is 4. The summed E-state index contributed by atoms with van der Waals surface area (Å²) in [6.07, 6.45) is 7.65. The number of hydrogen-bond acceptors (Lipinski definition) is 6. The number of amides is 1. The summed E-state index contributed by atoms with van der Waals surface area (Å²) in [5.74, 6) is -0.943. The standard InChI is InChI=1S/C32H29N5O4/c1-22-28(36-17-6-5-10-26(36)34-22)30(38)27-29(37(32(40)31(27)39)18-7-16-35-19-15-33-21-35)24-11-13-25(14-12-24)41-20-23-8-3-2-4-9-23/h2-6,8-15,17,19,21,29,38H,7,16,18,20H2,1H3. The van der Waals surface area contributed by atoms with Crippen molar-refractivity contribution in [3.63, 3.8) is 0 Å². The average Bonchev–Trinajstić information content (AvgIpc) is 3.70. The molecule has 1 unspecified atom stereocenters. The molecule has 0 aliphatic carbocycles. The first-order chi connectivity index (χ1) is 20.0. The van der Waals surface area contributed by atoms with E-state index >= 15 is 0 Å². The Kier molecular flexibility index (Phi) is 7.08. The third-order valence-corrected chi connectivity index (χ3v) is 7.29. The number of carbonyl (C=O) groups excluding carboxylic acids is 2. The lowest BCUT2D eigenvalue weighted by atomic mass is 9.96. The highest BCUT2D eigenvalue weighted by Gasteiger charge is 2.46. The zero-order valence-corrected chi connectivity index (χ0v) is 22.6. The van der Waals surface area contributed by atoms with Gasteiger partial charge in [0.05, 0.1) is 23.6 Å². The van der Waals surface area contributed by atoms with E-state index in [1.54, 1.807) is 34.9 Å². The highest BCUT2D eigenvalue weighted by atomic mass is 16.5. The van der Waals surface area contributed by atoms with Crippen molar-refractivity contribution in [3.8, 4) is 5.75 Å². The van der Waals surface area contributed by atoms with Crippen molar-refractivity contribution in [2.24, 2.45) is 0 Å². The fraction of sp³-hybridized carbons (Fsp3) is 0.188. The van der Waals surface area contributed by atoms with Crippen LogP contribution in [0.3, 0.4) is 0 Å². The number of fused-ring (bicyclic) bond motifs is 1. The highest BCUT2D eigenvalue weighted by molar-refractivity contribution is 6.46. The molecule has 9 nitrogen and oxygen atoms in total. The van der Waals surface area contributed by atoms with Crippen molar-refractivity contribution >= 4 is 23.1 Å². The van der Waals surface area contributed by atoms with Crippen molar-refractivity contribution in [2.45, 2.75) is 32.5 Å². The van der Waals surface area contributed by atoms with Crippen LogP contribution in [0.15, 0.2) is 103 Å². The minimum atomic E-state index is -0.769. The van der Waals surface area contributed by atoms with Gasteiger partial charge >= 0.3 is 0 Å². The van der Waals surface area contributed by atoms with Gasteiger partial charge in [-0.25, -0.2) is 9.97 Å². The van der Waals surface area contributed by atoms with Crippen molar-refractivity contribution in [1.82, 2.24) is 23.8 Å². The molecule has 1 saturated heterocycles. The molecular weight excluding hydrogens is 518 g/mol. The van der Waals surface area contributed by atoms with Crippen LogP contribution in [0.5, 0.6) is 5.75 Å². The van der Waals surface area contributed by atoms with E-state index in [0.717, 1.165) is 5.56 Å². The number of imidazole rings is 2. The Morgan fingerprint density at radius 2 is 1.73 bits per heavy atom. The van der Waals surface area contributed by atoms with Crippen LogP contribution >= 0.6 is 0 Å². The summed E-state index contributed by atoms with van der Waals surface area (Å²) in [5.41, 5.74) is 3.38. The Labute approximate surface area is 237 Å². The fourth-order valence-corrected chi connectivity index (χ4v) is 5.31. The van der Waals surface area contributed by atoms with Crippen LogP contribution in [0.1, 0.15) is 35.0 Å². The van der Waals surface area contributed by atoms with Gasteiger partial charge in [0.25, 0.3) is 11.7 Å². The van der Waals surface area contributed by atoms with E-state index in [0.29, 0.717) is 54.5 Å². The number of aliphatic hydroxyl groups excluding tert-OH is 1. The van der Waals surface area contributed by atoms with Gasteiger partial charge in [0.2, 0.25) is 0 Å². The van der Waals surface area contributed by atoms with Crippen LogP contribution in [0.2, 0.25) is 0 Å². The molecule has 9 heteroatoms. The van der Waals surface area contributed by atoms with Crippen LogP contribution in [-0.2, 0) is 22.7 Å². The second-order valence-electron chi connectivity index (χ2n) is 9.96. The molecule has 0 radical (unpaired) electrons. The minimum absolute atomic E-state index is 0.0457. The van der Waals surface area contributed by atoms with E-state index < -0.39 is 17.7 Å². The van der Waals surface area contributed by atoms with E-state index in [4.69, 9.17) is 4.74 Å². The summed E-state index contributed by atoms with van der Waals surface area (Å²) in [5, 5.41) is 11.6. The van der Waals surface area contributed by atoms with Crippen LogP contribution < -0.4 is 4.74 Å². The van der Waals surface area contributed by atoms with E-state index in [1.165, 1.54) is 0 Å². The van der Waals surface area contributed by atoms with Gasteiger partial charge in [-0.15, -0.1) is 0 Å². The molecule has 5 aromatic rings. The molecule has 206 valence electrons. The zero-order chi connectivity index (χ0) is 28.3. The maximum Gasteiger partial charge on any atom is 0.295 e. The second kappa shape index (κ2) is 11.1. The predicted molar refractivity (Wildman–Crippen MR) is 153 cm³/mol. The first-order valence-corrected chi connectivity index (χ1v) is 13.5. The SMILES string of the molecule is Cc1nc2ccccn2c1C(O)=C1C(=O)C(=O)N(CCCn2ccnc2)C1c1ccc(OCc2ccccc2)cc1. The normalized spacial score (nSPS) is 16.5.